The molecule has 2 radical (unpaired) electrons. The smallest absolute Gasteiger partial charge is 0.263 e. The number of piperidine rings is 1. The normalized spacial score (nSPS) is 31.3. The van der Waals surface area contributed by atoms with Gasteiger partial charge in [0.2, 0.25) is 0 Å². The van der Waals surface area contributed by atoms with E-state index >= 15 is 0 Å². The van der Waals surface area contributed by atoms with Crippen molar-refractivity contribution in [2.75, 3.05) is 26.2 Å². The fourth-order valence-electron chi connectivity index (χ4n) is 3.35. The van der Waals surface area contributed by atoms with Crippen LogP contribution in [-0.2, 0) is 6.54 Å². The molecule has 5 heteroatoms. The maximum Gasteiger partial charge on any atom is 0.263 e. The van der Waals surface area contributed by atoms with Crippen molar-refractivity contribution in [3.63, 3.8) is 0 Å². The first kappa shape index (κ1) is 13.1. The van der Waals surface area contributed by atoms with Crippen LogP contribution < -0.4 is 0 Å². The fraction of sp³-hybridized carbons (Fsp3) is 0.571. The predicted octanol–water partition coefficient (Wildman–Crippen LogP) is 1.77. The molecule has 0 amide bonds. The summed E-state index contributed by atoms with van der Waals surface area (Å²) in [6.45, 7) is 2.19. The number of nitrogens with zero attached hydrogens (tertiary/aromatic N) is 2. The summed E-state index contributed by atoms with van der Waals surface area (Å²) in [5.74, 6) is -3.23. The van der Waals surface area contributed by atoms with Crippen LogP contribution in [0, 0.1) is 11.8 Å². The summed E-state index contributed by atoms with van der Waals surface area (Å²) in [5, 5.41) is 0. The largest absolute Gasteiger partial charge is 0.348 e. The number of rotatable bonds is 2. The molecule has 2 atom stereocenters. The molecule has 0 spiro atoms. The SMILES string of the molecule is [B]N1CC2CN(Cc3ccccc3)CC2C(F)(F)C1. The van der Waals surface area contributed by atoms with Gasteiger partial charge < -0.3 is 4.81 Å². The van der Waals surface area contributed by atoms with Gasteiger partial charge in [0.05, 0.1) is 6.54 Å². The van der Waals surface area contributed by atoms with Crippen LogP contribution in [0.3, 0.4) is 0 Å². The van der Waals surface area contributed by atoms with Gasteiger partial charge in [0, 0.05) is 25.6 Å². The number of alkyl halides is 2. The average Bonchev–Trinajstić information content (AvgIpc) is 2.72. The molecule has 0 N–H and O–H groups in total. The van der Waals surface area contributed by atoms with E-state index in [0.717, 1.165) is 6.54 Å². The van der Waals surface area contributed by atoms with Gasteiger partial charge >= 0.3 is 0 Å². The van der Waals surface area contributed by atoms with Crippen LogP contribution in [-0.4, -0.2) is 49.8 Å². The lowest BCUT2D eigenvalue weighted by molar-refractivity contribution is -0.103. The summed E-state index contributed by atoms with van der Waals surface area (Å²) in [6.07, 6.45) is 0. The summed E-state index contributed by atoms with van der Waals surface area (Å²) in [6, 6.07) is 10.0. The Morgan fingerprint density at radius 2 is 1.89 bits per heavy atom. The molecule has 0 aromatic heterocycles. The molecule has 2 unspecified atom stereocenters. The second-order valence-electron chi connectivity index (χ2n) is 5.74. The average molecular weight is 262 g/mol. The monoisotopic (exact) mass is 262 g/mol. The molecule has 2 nitrogen and oxygen atoms in total. The maximum absolute atomic E-state index is 14.0. The van der Waals surface area contributed by atoms with Crippen molar-refractivity contribution in [1.29, 1.82) is 0 Å². The molecular weight excluding hydrogens is 245 g/mol. The highest BCUT2D eigenvalue weighted by molar-refractivity contribution is 6.04. The third-order valence-corrected chi connectivity index (χ3v) is 4.19. The van der Waals surface area contributed by atoms with Gasteiger partial charge in [-0.2, -0.15) is 0 Å². The minimum Gasteiger partial charge on any atom is -0.348 e. The highest BCUT2D eigenvalue weighted by Crippen LogP contribution is 2.40. The zero-order valence-electron chi connectivity index (χ0n) is 10.8. The van der Waals surface area contributed by atoms with Crippen LogP contribution >= 0.6 is 0 Å². The van der Waals surface area contributed by atoms with Crippen LogP contribution in [0.5, 0.6) is 0 Å². The minimum atomic E-state index is -2.66. The Labute approximate surface area is 113 Å². The molecule has 0 saturated carbocycles. The molecule has 2 aliphatic rings. The third-order valence-electron chi connectivity index (χ3n) is 4.19. The lowest BCUT2D eigenvalue weighted by atomic mass is 9.84. The Kier molecular flexibility index (Phi) is 3.35. The highest BCUT2D eigenvalue weighted by atomic mass is 19.3. The van der Waals surface area contributed by atoms with E-state index in [1.807, 2.05) is 30.3 Å². The molecule has 19 heavy (non-hydrogen) atoms. The van der Waals surface area contributed by atoms with E-state index < -0.39 is 11.8 Å². The summed E-state index contributed by atoms with van der Waals surface area (Å²) in [4.78, 5) is 3.39. The van der Waals surface area contributed by atoms with Crippen molar-refractivity contribution < 1.29 is 8.78 Å². The van der Waals surface area contributed by atoms with Crippen molar-refractivity contribution >= 4 is 7.98 Å². The second kappa shape index (κ2) is 4.87. The Bertz CT molecular complexity index is 440. The van der Waals surface area contributed by atoms with Gasteiger partial charge in [-0.05, 0) is 18.0 Å². The Balaban J connectivity index is 1.69. The van der Waals surface area contributed by atoms with Crippen molar-refractivity contribution in [1.82, 2.24) is 9.71 Å². The molecule has 100 valence electrons. The standard InChI is InChI=1S/C14H17BF2N2/c15-19-8-12-7-18(6-11-4-2-1-3-5-11)9-13(12)14(16,17)10-19/h1-5,12-13H,6-10H2. The van der Waals surface area contributed by atoms with Gasteiger partial charge in [0.1, 0.15) is 0 Å². The van der Waals surface area contributed by atoms with Crippen molar-refractivity contribution in [2.24, 2.45) is 11.8 Å². The molecule has 1 aromatic carbocycles. The molecule has 2 fully saturated rings. The Morgan fingerprint density at radius 3 is 2.63 bits per heavy atom. The lowest BCUT2D eigenvalue weighted by Gasteiger charge is -2.38. The van der Waals surface area contributed by atoms with Crippen LogP contribution in [0.4, 0.5) is 8.78 Å². The van der Waals surface area contributed by atoms with E-state index in [2.05, 4.69) is 4.90 Å². The van der Waals surface area contributed by atoms with Crippen LogP contribution in [0.15, 0.2) is 30.3 Å². The van der Waals surface area contributed by atoms with Crippen LogP contribution in [0.25, 0.3) is 0 Å². The Morgan fingerprint density at radius 1 is 1.16 bits per heavy atom. The van der Waals surface area contributed by atoms with Crippen LogP contribution in [0.1, 0.15) is 5.56 Å². The van der Waals surface area contributed by atoms with E-state index in [1.54, 1.807) is 0 Å². The number of hydrogen-bond acceptors (Lipinski definition) is 2. The third kappa shape index (κ3) is 2.67. The predicted molar refractivity (Wildman–Crippen MR) is 71.0 cm³/mol. The highest BCUT2D eigenvalue weighted by Gasteiger charge is 2.52. The summed E-state index contributed by atoms with van der Waals surface area (Å²) >= 11 is 0. The number of likely N-dealkylation sites (tertiary alicyclic amines) is 1. The quantitative estimate of drug-likeness (QED) is 0.749. The first-order valence-corrected chi connectivity index (χ1v) is 6.68. The first-order valence-electron chi connectivity index (χ1n) is 6.68. The Hall–Kier alpha value is -0.935. The molecule has 2 aliphatic heterocycles. The van der Waals surface area contributed by atoms with E-state index in [1.165, 1.54) is 10.4 Å². The van der Waals surface area contributed by atoms with Gasteiger partial charge in [0.25, 0.3) is 5.92 Å². The fourth-order valence-corrected chi connectivity index (χ4v) is 3.35. The second-order valence-corrected chi connectivity index (χ2v) is 5.74. The number of hydrogen-bond donors (Lipinski definition) is 0. The first-order chi connectivity index (χ1) is 9.04. The topological polar surface area (TPSA) is 6.48 Å². The molecule has 2 heterocycles. The number of halogens is 2. The molecule has 1 aromatic rings. The molecule has 2 saturated heterocycles. The molecule has 0 bridgehead atoms. The molecular formula is C14H17BF2N2. The molecule has 0 aliphatic carbocycles. The number of benzene rings is 1. The minimum absolute atomic E-state index is 0.0162. The zero-order chi connectivity index (χ0) is 13.5. The van der Waals surface area contributed by atoms with Crippen molar-refractivity contribution in [2.45, 2.75) is 12.5 Å². The van der Waals surface area contributed by atoms with Gasteiger partial charge in [-0.1, -0.05) is 30.3 Å². The maximum atomic E-state index is 14.0. The van der Waals surface area contributed by atoms with E-state index in [0.29, 0.717) is 19.6 Å². The summed E-state index contributed by atoms with van der Waals surface area (Å²) < 4.78 is 27.9. The van der Waals surface area contributed by atoms with E-state index in [4.69, 9.17) is 7.98 Å². The van der Waals surface area contributed by atoms with Crippen molar-refractivity contribution in [3.8, 4) is 0 Å². The van der Waals surface area contributed by atoms with Crippen molar-refractivity contribution in [3.05, 3.63) is 35.9 Å². The van der Waals surface area contributed by atoms with Gasteiger partial charge in [-0.15, -0.1) is 0 Å². The lowest BCUT2D eigenvalue weighted by Crippen LogP contribution is -2.52. The van der Waals surface area contributed by atoms with E-state index in [-0.39, 0.29) is 12.5 Å². The van der Waals surface area contributed by atoms with E-state index in [9.17, 15) is 8.78 Å². The zero-order valence-corrected chi connectivity index (χ0v) is 10.8. The number of fused-ring (bicyclic) bond motifs is 1. The van der Waals surface area contributed by atoms with Crippen LogP contribution in [0.2, 0.25) is 0 Å². The summed E-state index contributed by atoms with van der Waals surface area (Å²) in [5.41, 5.74) is 1.18. The van der Waals surface area contributed by atoms with Gasteiger partial charge in [0.15, 0.2) is 7.98 Å². The van der Waals surface area contributed by atoms with Gasteiger partial charge in [-0.25, -0.2) is 8.78 Å². The molecule has 3 rings (SSSR count). The van der Waals surface area contributed by atoms with Gasteiger partial charge in [-0.3, -0.25) is 4.90 Å². The summed E-state index contributed by atoms with van der Waals surface area (Å²) in [7, 11) is 5.60.